The molecule has 3 aromatic rings. The van der Waals surface area contributed by atoms with Crippen LogP contribution in [-0.2, 0) is 31.6 Å². The predicted molar refractivity (Wildman–Crippen MR) is 141 cm³/mol. The SMILES string of the molecule is CCOC(=O)c1cnc2cc(C(F)(F)F)ccc2c1OCCCOc1ccc(CC(OCC)C(=O)OCC)cc1. The van der Waals surface area contributed by atoms with Crippen LogP contribution in [0.25, 0.3) is 10.9 Å². The molecular weight excluding hydrogens is 531 g/mol. The number of alkyl halides is 3. The molecule has 0 fully saturated rings. The number of carbonyl (C=O) groups is 2. The van der Waals surface area contributed by atoms with Gasteiger partial charge in [0.05, 0.1) is 37.5 Å². The van der Waals surface area contributed by atoms with Gasteiger partial charge in [-0.15, -0.1) is 0 Å². The minimum Gasteiger partial charge on any atom is -0.493 e. The number of carbonyl (C=O) groups excluding carboxylic acids is 2. The highest BCUT2D eigenvalue weighted by molar-refractivity contribution is 5.99. The Morgan fingerprint density at radius 2 is 1.60 bits per heavy atom. The molecule has 1 heterocycles. The van der Waals surface area contributed by atoms with E-state index in [2.05, 4.69) is 4.98 Å². The molecule has 0 saturated heterocycles. The molecule has 0 aliphatic heterocycles. The topological polar surface area (TPSA) is 93.2 Å². The van der Waals surface area contributed by atoms with Crippen molar-refractivity contribution in [1.29, 1.82) is 0 Å². The monoisotopic (exact) mass is 563 g/mol. The van der Waals surface area contributed by atoms with Crippen LogP contribution in [0.1, 0.15) is 48.7 Å². The number of nitrogens with zero attached hydrogens (tertiary/aromatic N) is 1. The number of benzene rings is 2. The van der Waals surface area contributed by atoms with Gasteiger partial charge in [0.25, 0.3) is 0 Å². The van der Waals surface area contributed by atoms with Crippen LogP contribution in [0.2, 0.25) is 0 Å². The van der Waals surface area contributed by atoms with E-state index < -0.39 is 29.8 Å². The third-order valence-electron chi connectivity index (χ3n) is 5.71. The lowest BCUT2D eigenvalue weighted by atomic mass is 10.1. The first-order chi connectivity index (χ1) is 19.2. The second-order valence-electron chi connectivity index (χ2n) is 8.55. The van der Waals surface area contributed by atoms with E-state index in [0.717, 1.165) is 23.9 Å². The van der Waals surface area contributed by atoms with Gasteiger partial charge >= 0.3 is 18.1 Å². The summed E-state index contributed by atoms with van der Waals surface area (Å²) in [7, 11) is 0. The highest BCUT2D eigenvalue weighted by Gasteiger charge is 2.31. The molecule has 0 aliphatic carbocycles. The Morgan fingerprint density at radius 3 is 2.25 bits per heavy atom. The van der Waals surface area contributed by atoms with Gasteiger partial charge in [-0.25, -0.2) is 9.59 Å². The minimum atomic E-state index is -4.53. The molecule has 1 aromatic heterocycles. The Labute approximate surface area is 230 Å². The maximum absolute atomic E-state index is 13.1. The van der Waals surface area contributed by atoms with Crippen LogP contribution in [0.5, 0.6) is 11.5 Å². The Hall–Kier alpha value is -3.86. The number of aromatic nitrogens is 1. The van der Waals surface area contributed by atoms with Gasteiger partial charge in [-0.1, -0.05) is 12.1 Å². The third kappa shape index (κ3) is 8.32. The van der Waals surface area contributed by atoms with Gasteiger partial charge in [0.1, 0.15) is 17.1 Å². The highest BCUT2D eigenvalue weighted by atomic mass is 19.4. The average molecular weight is 564 g/mol. The van der Waals surface area contributed by atoms with E-state index in [1.807, 2.05) is 19.1 Å². The van der Waals surface area contributed by atoms with Crippen LogP contribution in [0.15, 0.2) is 48.7 Å². The molecule has 0 aliphatic rings. The predicted octanol–water partition coefficient (Wildman–Crippen LogP) is 5.79. The molecule has 0 radical (unpaired) electrons. The van der Waals surface area contributed by atoms with E-state index in [4.69, 9.17) is 23.7 Å². The molecule has 216 valence electrons. The summed E-state index contributed by atoms with van der Waals surface area (Å²) in [4.78, 5) is 28.5. The van der Waals surface area contributed by atoms with Gasteiger partial charge in [0.15, 0.2) is 6.10 Å². The summed E-state index contributed by atoms with van der Waals surface area (Å²) in [6.45, 7) is 6.38. The van der Waals surface area contributed by atoms with Gasteiger partial charge in [-0.05, 0) is 56.7 Å². The fourth-order valence-corrected chi connectivity index (χ4v) is 3.86. The molecule has 0 bridgehead atoms. The van der Waals surface area contributed by atoms with Gasteiger partial charge in [-0.3, -0.25) is 4.98 Å². The van der Waals surface area contributed by atoms with Crippen LogP contribution in [-0.4, -0.2) is 56.1 Å². The molecule has 0 amide bonds. The van der Waals surface area contributed by atoms with Crippen molar-refractivity contribution in [1.82, 2.24) is 4.98 Å². The molecule has 0 saturated carbocycles. The zero-order chi connectivity index (χ0) is 29.1. The lowest BCUT2D eigenvalue weighted by molar-refractivity contribution is -0.156. The summed E-state index contributed by atoms with van der Waals surface area (Å²) >= 11 is 0. The van der Waals surface area contributed by atoms with Crippen LogP contribution in [0, 0.1) is 0 Å². The number of hydrogen-bond acceptors (Lipinski definition) is 8. The Kier molecular flexibility index (Phi) is 11.1. The van der Waals surface area contributed by atoms with Crippen molar-refractivity contribution in [2.45, 2.75) is 45.9 Å². The van der Waals surface area contributed by atoms with Crippen LogP contribution in [0.3, 0.4) is 0 Å². The maximum atomic E-state index is 13.1. The molecule has 8 nitrogen and oxygen atoms in total. The highest BCUT2D eigenvalue weighted by Crippen LogP contribution is 2.35. The summed E-state index contributed by atoms with van der Waals surface area (Å²) in [5.41, 5.74) is 0.102. The molecule has 3 rings (SSSR count). The Balaban J connectivity index is 1.61. The van der Waals surface area contributed by atoms with Crippen molar-refractivity contribution in [2.75, 3.05) is 33.0 Å². The molecule has 2 aromatic carbocycles. The standard InChI is InChI=1S/C29H32F3NO7/c1-4-36-25(28(35)38-6-3)16-19-8-11-21(12-9-19)39-14-7-15-40-26-22-13-10-20(29(30,31)32)17-24(22)33-18-23(26)27(34)37-5-2/h8-13,17-18,25H,4-7,14-16H2,1-3H3. The minimum absolute atomic E-state index is 0.0267. The van der Waals surface area contributed by atoms with Crippen LogP contribution >= 0.6 is 0 Å². The number of ether oxygens (including phenoxy) is 5. The van der Waals surface area contributed by atoms with E-state index in [1.54, 1.807) is 26.0 Å². The fraction of sp³-hybridized carbons (Fsp3) is 0.414. The zero-order valence-corrected chi connectivity index (χ0v) is 22.6. The summed E-state index contributed by atoms with van der Waals surface area (Å²) < 4.78 is 66.7. The third-order valence-corrected chi connectivity index (χ3v) is 5.71. The number of fused-ring (bicyclic) bond motifs is 1. The van der Waals surface area contributed by atoms with Gasteiger partial charge < -0.3 is 23.7 Å². The van der Waals surface area contributed by atoms with Crippen LogP contribution in [0.4, 0.5) is 13.2 Å². The molecule has 0 N–H and O–H groups in total. The number of hydrogen-bond donors (Lipinski definition) is 0. The molecule has 1 atom stereocenters. The van der Waals surface area contributed by atoms with E-state index in [0.29, 0.717) is 25.2 Å². The lowest BCUT2D eigenvalue weighted by Gasteiger charge is -2.16. The number of pyridine rings is 1. The average Bonchev–Trinajstić information content (AvgIpc) is 2.92. The van der Waals surface area contributed by atoms with Gasteiger partial charge in [0, 0.05) is 31.0 Å². The van der Waals surface area contributed by atoms with Gasteiger partial charge in [0.2, 0.25) is 0 Å². The summed E-state index contributed by atoms with van der Waals surface area (Å²) in [5.74, 6) is -0.377. The smallest absolute Gasteiger partial charge is 0.416 e. The molecule has 0 spiro atoms. The number of halogens is 3. The normalized spacial score (nSPS) is 12.2. The van der Waals surface area contributed by atoms with Crippen molar-refractivity contribution in [3.8, 4) is 11.5 Å². The largest absolute Gasteiger partial charge is 0.493 e. The second kappa shape index (κ2) is 14.5. The molecule has 40 heavy (non-hydrogen) atoms. The Morgan fingerprint density at radius 1 is 0.900 bits per heavy atom. The van der Waals surface area contributed by atoms with Gasteiger partial charge in [-0.2, -0.15) is 13.2 Å². The summed E-state index contributed by atoms with van der Waals surface area (Å²) in [6, 6.07) is 10.3. The van der Waals surface area contributed by atoms with Crippen molar-refractivity contribution in [2.24, 2.45) is 0 Å². The van der Waals surface area contributed by atoms with Crippen molar-refractivity contribution < 1.29 is 46.4 Å². The maximum Gasteiger partial charge on any atom is 0.416 e. The molecule has 11 heteroatoms. The van der Waals surface area contributed by atoms with Crippen molar-refractivity contribution in [3.63, 3.8) is 0 Å². The number of rotatable bonds is 14. The Bertz CT molecular complexity index is 1280. The first-order valence-corrected chi connectivity index (χ1v) is 13.0. The molecular formula is C29H32F3NO7. The first-order valence-electron chi connectivity index (χ1n) is 13.0. The summed E-state index contributed by atoms with van der Waals surface area (Å²) in [6.07, 6.45) is -3.26. The van der Waals surface area contributed by atoms with Crippen LogP contribution < -0.4 is 9.47 Å². The van der Waals surface area contributed by atoms with E-state index >= 15 is 0 Å². The second-order valence-corrected chi connectivity index (χ2v) is 8.55. The lowest BCUT2D eigenvalue weighted by Crippen LogP contribution is -2.28. The zero-order valence-electron chi connectivity index (χ0n) is 22.6. The van der Waals surface area contributed by atoms with Crippen molar-refractivity contribution >= 4 is 22.8 Å². The van der Waals surface area contributed by atoms with E-state index in [1.165, 1.54) is 6.07 Å². The quantitative estimate of drug-likeness (QED) is 0.180. The first kappa shape index (κ1) is 30.7. The van der Waals surface area contributed by atoms with E-state index in [-0.39, 0.29) is 48.6 Å². The summed E-state index contributed by atoms with van der Waals surface area (Å²) in [5, 5.41) is 0.267. The number of esters is 2. The van der Waals surface area contributed by atoms with Crippen molar-refractivity contribution in [3.05, 3.63) is 65.4 Å². The molecule has 1 unspecified atom stereocenters. The fourth-order valence-electron chi connectivity index (χ4n) is 3.86. The van der Waals surface area contributed by atoms with E-state index in [9.17, 15) is 22.8 Å².